The molecule has 31 heavy (non-hydrogen) atoms. The molecule has 0 aliphatic carbocycles. The Morgan fingerprint density at radius 2 is 1.61 bits per heavy atom. The van der Waals surface area contributed by atoms with Crippen molar-refractivity contribution in [2.45, 2.75) is 39.0 Å². The van der Waals surface area contributed by atoms with Gasteiger partial charge in [-0.25, -0.2) is 4.79 Å². The lowest BCUT2D eigenvalue weighted by molar-refractivity contribution is -0.137. The molecule has 1 N–H and O–H groups in total. The number of carbonyl (C=O) groups is 1. The zero-order valence-corrected chi connectivity index (χ0v) is 18.0. The third-order valence-corrected chi connectivity index (χ3v) is 4.25. The minimum Gasteiger partial charge on any atom is -0.505 e. The maximum atomic E-state index is 10.9. The first kappa shape index (κ1) is 23.9. The lowest BCUT2D eigenvalue weighted by atomic mass is 10.2. The summed E-state index contributed by atoms with van der Waals surface area (Å²) in [7, 11) is 0. The van der Waals surface area contributed by atoms with Gasteiger partial charge in [-0.05, 0) is 68.5 Å². The van der Waals surface area contributed by atoms with Crippen LogP contribution >= 0.6 is 0 Å². The van der Waals surface area contributed by atoms with Gasteiger partial charge in [0.25, 0.3) is 0 Å². The van der Waals surface area contributed by atoms with Crippen LogP contribution in [0.1, 0.15) is 39.0 Å². The van der Waals surface area contributed by atoms with Crippen LogP contribution in [0.15, 0.2) is 65.3 Å². The Balaban J connectivity index is 1.71. The molecule has 0 fully saturated rings. The molecule has 0 saturated heterocycles. The Labute approximate surface area is 183 Å². The Morgan fingerprint density at radius 1 is 0.935 bits per heavy atom. The van der Waals surface area contributed by atoms with Gasteiger partial charge in [-0.1, -0.05) is 13.5 Å². The monoisotopic (exact) mass is 426 g/mol. The van der Waals surface area contributed by atoms with E-state index in [2.05, 4.69) is 23.7 Å². The highest BCUT2D eigenvalue weighted by Crippen LogP contribution is 2.32. The smallest absolute Gasteiger partial charge is 0.330 e. The number of rotatable bonds is 14. The lowest BCUT2D eigenvalue weighted by Gasteiger charge is -2.07. The number of unbranched alkanes of at least 4 members (excludes halogenated alkanes) is 3. The van der Waals surface area contributed by atoms with Gasteiger partial charge in [-0.15, -0.1) is 5.11 Å². The topological polar surface area (TPSA) is 89.7 Å². The number of aromatic hydroxyl groups is 1. The number of phenols is 1. The number of benzene rings is 2. The van der Waals surface area contributed by atoms with Crippen LogP contribution in [-0.2, 0) is 9.53 Å². The second-order valence-electron chi connectivity index (χ2n) is 6.83. The molecule has 0 aliphatic heterocycles. The number of hydrogen-bond acceptors (Lipinski definition) is 7. The second-order valence-corrected chi connectivity index (χ2v) is 6.83. The van der Waals surface area contributed by atoms with E-state index in [-0.39, 0.29) is 11.7 Å². The van der Waals surface area contributed by atoms with Crippen LogP contribution in [0.4, 0.5) is 11.4 Å². The summed E-state index contributed by atoms with van der Waals surface area (Å²) in [6.45, 7) is 7.03. The van der Waals surface area contributed by atoms with E-state index in [9.17, 15) is 9.90 Å². The Bertz CT molecular complexity index is 850. The molecule has 0 unspecified atom stereocenters. The largest absolute Gasteiger partial charge is 0.505 e. The molecular weight excluding hydrogens is 396 g/mol. The number of hydrogen-bond donors (Lipinski definition) is 1. The van der Waals surface area contributed by atoms with Gasteiger partial charge in [0.05, 0.1) is 25.5 Å². The maximum Gasteiger partial charge on any atom is 0.330 e. The summed E-state index contributed by atoms with van der Waals surface area (Å²) in [5.74, 6) is 0.990. The first-order valence-electron chi connectivity index (χ1n) is 10.5. The molecule has 2 rings (SSSR count). The molecule has 0 amide bonds. The van der Waals surface area contributed by atoms with Crippen molar-refractivity contribution in [2.24, 2.45) is 10.2 Å². The highest BCUT2D eigenvalue weighted by molar-refractivity contribution is 5.81. The van der Waals surface area contributed by atoms with Crippen LogP contribution in [0.25, 0.3) is 0 Å². The average Bonchev–Trinajstić information content (AvgIpc) is 2.79. The molecule has 7 nitrogen and oxygen atoms in total. The SMILES string of the molecule is C=CC(=O)OCCCCCCOc1ccc(N=Nc2ccc(OCCC)cc2)c(O)c1. The minimum atomic E-state index is -0.388. The summed E-state index contributed by atoms with van der Waals surface area (Å²) in [5.41, 5.74) is 1.04. The summed E-state index contributed by atoms with van der Waals surface area (Å²) < 4.78 is 16.1. The van der Waals surface area contributed by atoms with Gasteiger partial charge in [0.2, 0.25) is 0 Å². The molecule has 2 aromatic rings. The third kappa shape index (κ3) is 9.33. The van der Waals surface area contributed by atoms with Crippen LogP contribution in [0.2, 0.25) is 0 Å². The van der Waals surface area contributed by atoms with Crippen molar-refractivity contribution in [2.75, 3.05) is 19.8 Å². The van der Waals surface area contributed by atoms with Crippen molar-refractivity contribution in [1.29, 1.82) is 0 Å². The molecule has 7 heteroatoms. The molecule has 0 spiro atoms. The molecular formula is C24H30N2O5. The first-order chi connectivity index (χ1) is 15.1. The fourth-order valence-electron chi connectivity index (χ4n) is 2.60. The molecule has 0 heterocycles. The number of carbonyl (C=O) groups excluding carboxylic acids is 1. The van der Waals surface area contributed by atoms with Crippen LogP contribution in [-0.4, -0.2) is 30.9 Å². The highest BCUT2D eigenvalue weighted by Gasteiger charge is 2.04. The van der Waals surface area contributed by atoms with E-state index in [1.54, 1.807) is 12.1 Å². The predicted molar refractivity (Wildman–Crippen MR) is 120 cm³/mol. The number of phenolic OH excluding ortho intramolecular Hbond substituents is 1. The van der Waals surface area contributed by atoms with E-state index in [4.69, 9.17) is 14.2 Å². The molecule has 2 aromatic carbocycles. The maximum absolute atomic E-state index is 10.9. The van der Waals surface area contributed by atoms with E-state index >= 15 is 0 Å². The van der Waals surface area contributed by atoms with Gasteiger partial charge >= 0.3 is 5.97 Å². The number of ether oxygens (including phenoxy) is 3. The van der Waals surface area contributed by atoms with Gasteiger partial charge in [0.15, 0.2) is 0 Å². The summed E-state index contributed by atoms with van der Waals surface area (Å²) >= 11 is 0. The van der Waals surface area contributed by atoms with Crippen molar-refractivity contribution in [1.82, 2.24) is 0 Å². The molecule has 0 aliphatic rings. The van der Waals surface area contributed by atoms with Gasteiger partial charge in [0.1, 0.15) is 22.9 Å². The van der Waals surface area contributed by atoms with Gasteiger partial charge in [-0.3, -0.25) is 0 Å². The first-order valence-corrected chi connectivity index (χ1v) is 10.5. The highest BCUT2D eigenvalue weighted by atomic mass is 16.5. The van der Waals surface area contributed by atoms with Crippen LogP contribution in [0.3, 0.4) is 0 Å². The van der Waals surface area contributed by atoms with E-state index in [0.717, 1.165) is 43.9 Å². The number of nitrogens with zero attached hydrogens (tertiary/aromatic N) is 2. The summed E-state index contributed by atoms with van der Waals surface area (Å²) in [6, 6.07) is 12.3. The van der Waals surface area contributed by atoms with Gasteiger partial charge in [-0.2, -0.15) is 5.11 Å². The predicted octanol–water partition coefficient (Wildman–Crippen LogP) is 6.26. The van der Waals surface area contributed by atoms with Crippen molar-refractivity contribution in [3.8, 4) is 17.2 Å². The van der Waals surface area contributed by atoms with Crippen molar-refractivity contribution in [3.05, 3.63) is 55.1 Å². The second kappa shape index (κ2) is 13.8. The molecule has 0 saturated carbocycles. The fraction of sp³-hybridized carbons (Fsp3) is 0.375. The molecule has 0 atom stereocenters. The lowest BCUT2D eigenvalue weighted by Crippen LogP contribution is -2.02. The van der Waals surface area contributed by atoms with Crippen molar-refractivity contribution < 1.29 is 24.1 Å². The van der Waals surface area contributed by atoms with Crippen LogP contribution in [0, 0.1) is 0 Å². The van der Waals surface area contributed by atoms with Crippen LogP contribution in [0.5, 0.6) is 17.2 Å². The quantitative estimate of drug-likeness (QED) is 0.166. The van der Waals surface area contributed by atoms with Gasteiger partial charge in [0, 0.05) is 12.1 Å². The number of azo groups is 1. The molecule has 0 radical (unpaired) electrons. The summed E-state index contributed by atoms with van der Waals surface area (Å²) in [4.78, 5) is 10.9. The zero-order chi connectivity index (χ0) is 22.3. The molecule has 0 bridgehead atoms. The fourth-order valence-corrected chi connectivity index (χ4v) is 2.60. The van der Waals surface area contributed by atoms with E-state index in [1.165, 1.54) is 6.07 Å². The number of esters is 1. The van der Waals surface area contributed by atoms with Crippen LogP contribution < -0.4 is 9.47 Å². The van der Waals surface area contributed by atoms with Crippen molar-refractivity contribution in [3.63, 3.8) is 0 Å². The molecule has 166 valence electrons. The summed E-state index contributed by atoms with van der Waals surface area (Å²) in [6.07, 6.45) is 5.72. The Kier molecular flexibility index (Phi) is 10.6. The Hall–Kier alpha value is -3.35. The minimum absolute atomic E-state index is 0.00758. The standard InChI is InChI=1S/C24H30N2O5/c1-3-15-29-20-11-9-19(10-12-20)25-26-22-14-13-21(18-23(22)27)30-16-7-5-6-8-17-31-24(28)4-2/h4,9-14,18,27H,2-3,5-8,15-17H2,1H3. The van der Waals surface area contributed by atoms with Gasteiger partial charge < -0.3 is 19.3 Å². The van der Waals surface area contributed by atoms with E-state index < -0.39 is 0 Å². The van der Waals surface area contributed by atoms with E-state index in [1.807, 2.05) is 24.3 Å². The third-order valence-electron chi connectivity index (χ3n) is 4.25. The zero-order valence-electron chi connectivity index (χ0n) is 18.0. The van der Waals surface area contributed by atoms with Crippen molar-refractivity contribution >= 4 is 17.3 Å². The summed E-state index contributed by atoms with van der Waals surface area (Å²) in [5, 5.41) is 18.4. The van der Waals surface area contributed by atoms with E-state index in [0.29, 0.717) is 36.9 Å². The normalized spacial score (nSPS) is 10.7. The average molecular weight is 427 g/mol. The molecule has 0 aromatic heterocycles. The Morgan fingerprint density at radius 3 is 2.29 bits per heavy atom.